The van der Waals surface area contributed by atoms with Crippen LogP contribution in [-0.2, 0) is 24.6 Å². The van der Waals surface area contributed by atoms with Gasteiger partial charge in [-0.15, -0.1) is 0 Å². The normalized spacial score (nSPS) is 25.7. The number of hydrogen-bond acceptors (Lipinski definition) is 5. The zero-order valence-electron chi connectivity index (χ0n) is 17.4. The summed E-state index contributed by atoms with van der Waals surface area (Å²) in [5.74, 6) is -3.11. The smallest absolute Gasteiger partial charge is 0.216 e. The van der Waals surface area contributed by atoms with E-state index in [1.807, 2.05) is 0 Å². The molecule has 32 heavy (non-hydrogen) atoms. The van der Waals surface area contributed by atoms with Crippen LogP contribution >= 0.6 is 11.6 Å². The molecule has 174 valence electrons. The molecule has 2 aromatic rings. The van der Waals surface area contributed by atoms with E-state index in [9.17, 15) is 21.2 Å². The summed E-state index contributed by atoms with van der Waals surface area (Å²) in [4.78, 5) is -0.0997. The molecular weight excluding hydrogens is 484 g/mol. The van der Waals surface area contributed by atoms with Gasteiger partial charge in [0, 0.05) is 25.0 Å². The molecule has 0 amide bonds. The largest absolute Gasteiger partial charge is 0.490 e. The van der Waals surface area contributed by atoms with E-state index >= 15 is 4.39 Å². The zero-order valence-corrected chi connectivity index (χ0v) is 19.8. The van der Waals surface area contributed by atoms with Crippen LogP contribution < -0.4 is 4.74 Å². The minimum absolute atomic E-state index is 0.0285. The van der Waals surface area contributed by atoms with Crippen LogP contribution in [0.25, 0.3) is 0 Å². The van der Waals surface area contributed by atoms with Gasteiger partial charge in [0.05, 0.1) is 22.3 Å². The summed E-state index contributed by atoms with van der Waals surface area (Å²) in [5, 5.41) is -0.541. The molecular formula is C21H22ClF2NO5S2. The number of hydrogen-bond donors (Lipinski definition) is 0. The SMILES string of the molecule is CN(C)S(=O)(=O)[C@@H]1CC[C@@]2(S(=O)(=O)c3ccc(Cl)cc3)c3c(F)ccc(F)c3OC[C@H]2C1. The van der Waals surface area contributed by atoms with Crippen molar-refractivity contribution >= 4 is 31.5 Å². The maximum Gasteiger partial charge on any atom is 0.216 e. The Hall–Kier alpha value is -1.75. The van der Waals surface area contributed by atoms with Crippen LogP contribution in [-0.4, -0.2) is 47.1 Å². The van der Waals surface area contributed by atoms with Gasteiger partial charge in [-0.25, -0.2) is 29.9 Å². The Labute approximate surface area is 191 Å². The van der Waals surface area contributed by atoms with Gasteiger partial charge in [0.2, 0.25) is 10.0 Å². The minimum Gasteiger partial charge on any atom is -0.490 e. The van der Waals surface area contributed by atoms with Gasteiger partial charge in [-0.05, 0) is 55.7 Å². The van der Waals surface area contributed by atoms with Crippen LogP contribution in [0.15, 0.2) is 41.3 Å². The Morgan fingerprint density at radius 2 is 1.66 bits per heavy atom. The lowest BCUT2D eigenvalue weighted by Crippen LogP contribution is -2.54. The van der Waals surface area contributed by atoms with Crippen molar-refractivity contribution in [1.29, 1.82) is 0 Å². The highest BCUT2D eigenvalue weighted by Crippen LogP contribution is 2.57. The molecule has 1 aliphatic heterocycles. The fraction of sp³-hybridized carbons (Fsp3) is 0.429. The molecule has 0 radical (unpaired) electrons. The van der Waals surface area contributed by atoms with E-state index in [0.29, 0.717) is 5.02 Å². The Morgan fingerprint density at radius 1 is 1.03 bits per heavy atom. The van der Waals surface area contributed by atoms with E-state index in [2.05, 4.69) is 0 Å². The number of benzene rings is 2. The van der Waals surface area contributed by atoms with Gasteiger partial charge in [-0.2, -0.15) is 0 Å². The van der Waals surface area contributed by atoms with Crippen molar-refractivity contribution in [2.45, 2.75) is 34.2 Å². The van der Waals surface area contributed by atoms with E-state index in [1.54, 1.807) is 0 Å². The number of nitrogens with zero attached hydrogens (tertiary/aromatic N) is 1. The van der Waals surface area contributed by atoms with Gasteiger partial charge in [-0.3, -0.25) is 0 Å². The second-order valence-electron chi connectivity index (χ2n) is 8.31. The van der Waals surface area contributed by atoms with Crippen LogP contribution in [0.5, 0.6) is 5.75 Å². The van der Waals surface area contributed by atoms with Crippen molar-refractivity contribution in [2.75, 3.05) is 20.7 Å². The van der Waals surface area contributed by atoms with E-state index in [0.717, 1.165) is 16.4 Å². The van der Waals surface area contributed by atoms with Crippen molar-refractivity contribution in [2.24, 2.45) is 5.92 Å². The predicted molar refractivity (Wildman–Crippen MR) is 116 cm³/mol. The quantitative estimate of drug-likeness (QED) is 0.632. The molecule has 1 saturated carbocycles. The van der Waals surface area contributed by atoms with Crippen molar-refractivity contribution in [1.82, 2.24) is 4.31 Å². The van der Waals surface area contributed by atoms with E-state index in [-0.39, 0.29) is 36.3 Å². The maximum atomic E-state index is 15.2. The second kappa shape index (κ2) is 7.93. The molecule has 0 aromatic heterocycles. The lowest BCUT2D eigenvalue weighted by atomic mass is 9.73. The highest BCUT2D eigenvalue weighted by molar-refractivity contribution is 7.92. The molecule has 11 heteroatoms. The number of rotatable bonds is 4. The van der Waals surface area contributed by atoms with Gasteiger partial charge < -0.3 is 4.74 Å². The van der Waals surface area contributed by atoms with Crippen molar-refractivity contribution in [3.63, 3.8) is 0 Å². The maximum absolute atomic E-state index is 15.2. The molecule has 4 rings (SSSR count). The average molecular weight is 506 g/mol. The summed E-state index contributed by atoms with van der Waals surface area (Å²) < 4.78 is 88.1. The van der Waals surface area contributed by atoms with Gasteiger partial charge in [0.1, 0.15) is 10.6 Å². The molecule has 2 aromatic carbocycles. The van der Waals surface area contributed by atoms with Gasteiger partial charge in [0.25, 0.3) is 0 Å². The molecule has 6 nitrogen and oxygen atoms in total. The molecule has 1 heterocycles. The number of fused-ring (bicyclic) bond motifs is 3. The van der Waals surface area contributed by atoms with Gasteiger partial charge in [-0.1, -0.05) is 11.6 Å². The first-order valence-electron chi connectivity index (χ1n) is 9.95. The fourth-order valence-corrected chi connectivity index (χ4v) is 8.85. The highest BCUT2D eigenvalue weighted by atomic mass is 35.5. The first kappa shape index (κ1) is 23.4. The Balaban J connectivity index is 1.95. The summed E-state index contributed by atoms with van der Waals surface area (Å²) in [6.07, 6.45) is -0.293. The molecule has 0 spiro atoms. The molecule has 2 aliphatic rings. The summed E-state index contributed by atoms with van der Waals surface area (Å²) in [6, 6.07) is 7.21. The lowest BCUT2D eigenvalue weighted by molar-refractivity contribution is 0.125. The van der Waals surface area contributed by atoms with Crippen LogP contribution in [0, 0.1) is 17.6 Å². The minimum atomic E-state index is -4.30. The molecule has 0 unspecified atom stereocenters. The van der Waals surface area contributed by atoms with Crippen LogP contribution in [0.3, 0.4) is 0 Å². The first-order valence-corrected chi connectivity index (χ1v) is 13.3. The topological polar surface area (TPSA) is 80.8 Å². The highest BCUT2D eigenvalue weighted by Gasteiger charge is 2.60. The summed E-state index contributed by atoms with van der Waals surface area (Å²) in [7, 11) is -5.17. The van der Waals surface area contributed by atoms with E-state index in [1.165, 1.54) is 38.4 Å². The molecule has 1 aliphatic carbocycles. The van der Waals surface area contributed by atoms with Crippen LogP contribution in [0.4, 0.5) is 8.78 Å². The molecule has 0 saturated heterocycles. The summed E-state index contributed by atoms with van der Waals surface area (Å²) in [5.41, 5.74) is -0.371. The Kier molecular flexibility index (Phi) is 5.80. The van der Waals surface area contributed by atoms with Gasteiger partial charge >= 0.3 is 0 Å². The average Bonchev–Trinajstić information content (AvgIpc) is 2.75. The summed E-state index contributed by atoms with van der Waals surface area (Å²) >= 11 is 5.91. The Bertz CT molecular complexity index is 1270. The van der Waals surface area contributed by atoms with Crippen LogP contribution in [0.2, 0.25) is 5.02 Å². The summed E-state index contributed by atoms with van der Waals surface area (Å²) in [6.45, 7) is -0.250. The van der Waals surface area contributed by atoms with Crippen LogP contribution in [0.1, 0.15) is 24.8 Å². The number of ether oxygens (including phenoxy) is 1. The van der Waals surface area contributed by atoms with Gasteiger partial charge in [0.15, 0.2) is 21.4 Å². The third-order valence-electron chi connectivity index (χ3n) is 6.49. The third kappa shape index (κ3) is 3.34. The van der Waals surface area contributed by atoms with Crippen molar-refractivity contribution < 1.29 is 30.4 Å². The number of halogens is 3. The molecule has 1 fully saturated rings. The third-order valence-corrected chi connectivity index (χ3v) is 11.6. The lowest BCUT2D eigenvalue weighted by Gasteiger charge is -2.49. The standard InChI is InChI=1S/C21H22ClF2NO5S2/c1-25(2)32(28,29)16-9-10-21(31(26,27)15-5-3-14(22)4-6-15)13(11-16)12-30-20-18(24)8-7-17(23)19(20)21/h3-8,13,16H,9-12H2,1-2H3/t13-,16-,21+/m1/s1. The molecule has 0 bridgehead atoms. The predicted octanol–water partition coefficient (Wildman–Crippen LogP) is 3.74. The number of sulfone groups is 1. The van der Waals surface area contributed by atoms with Crippen molar-refractivity contribution in [3.05, 3.63) is 58.6 Å². The fourth-order valence-electron chi connectivity index (χ4n) is 4.87. The molecule has 3 atom stereocenters. The Morgan fingerprint density at radius 3 is 2.28 bits per heavy atom. The second-order valence-corrected chi connectivity index (χ2v) is 13.4. The first-order chi connectivity index (χ1) is 14.9. The van der Waals surface area contributed by atoms with E-state index in [4.69, 9.17) is 16.3 Å². The molecule has 0 N–H and O–H groups in total. The van der Waals surface area contributed by atoms with E-state index < -0.39 is 53.2 Å². The zero-order chi connectivity index (χ0) is 23.5. The monoisotopic (exact) mass is 505 g/mol. The number of sulfonamides is 1. The van der Waals surface area contributed by atoms with Crippen molar-refractivity contribution in [3.8, 4) is 5.75 Å².